The van der Waals surface area contributed by atoms with E-state index >= 15 is 0 Å². The number of amides is 2. The van der Waals surface area contributed by atoms with E-state index in [2.05, 4.69) is 25.6 Å². The molecule has 11 nitrogen and oxygen atoms in total. The van der Waals surface area contributed by atoms with E-state index in [1.54, 1.807) is 13.3 Å². The summed E-state index contributed by atoms with van der Waals surface area (Å²) in [5.74, 6) is 2.25. The number of aromatic nitrogens is 3. The molecule has 3 aromatic rings. The van der Waals surface area contributed by atoms with Crippen molar-refractivity contribution >= 4 is 22.8 Å². The van der Waals surface area contributed by atoms with Gasteiger partial charge in [0.1, 0.15) is 23.3 Å². The topological polar surface area (TPSA) is 137 Å². The molecule has 0 spiro atoms. The molecule has 40 heavy (non-hydrogen) atoms. The van der Waals surface area contributed by atoms with Crippen LogP contribution in [-0.2, 0) is 9.53 Å². The van der Waals surface area contributed by atoms with E-state index in [0.29, 0.717) is 70.8 Å². The Morgan fingerprint density at radius 3 is 2.73 bits per heavy atom. The third kappa shape index (κ3) is 5.30. The van der Waals surface area contributed by atoms with Crippen molar-refractivity contribution in [3.63, 3.8) is 0 Å². The van der Waals surface area contributed by atoms with Crippen LogP contribution >= 0.6 is 0 Å². The van der Waals surface area contributed by atoms with Gasteiger partial charge in [-0.1, -0.05) is 6.42 Å². The van der Waals surface area contributed by atoms with E-state index in [4.69, 9.17) is 18.9 Å². The van der Waals surface area contributed by atoms with Gasteiger partial charge >= 0.3 is 0 Å². The van der Waals surface area contributed by atoms with Gasteiger partial charge in [-0.25, -0.2) is 9.97 Å². The number of ether oxygens (including phenoxy) is 4. The lowest BCUT2D eigenvalue weighted by Crippen LogP contribution is -2.41. The van der Waals surface area contributed by atoms with E-state index in [-0.39, 0.29) is 30.6 Å². The largest absolute Gasteiger partial charge is 0.492 e. The molecule has 11 heteroatoms. The predicted octanol–water partition coefficient (Wildman–Crippen LogP) is 3.58. The Morgan fingerprint density at radius 2 is 1.95 bits per heavy atom. The highest BCUT2D eigenvalue weighted by molar-refractivity contribution is 6.08. The molecular formula is C29H35N5O6. The molecular weight excluding hydrogens is 514 g/mol. The van der Waals surface area contributed by atoms with Crippen LogP contribution in [0.3, 0.4) is 0 Å². The van der Waals surface area contributed by atoms with Crippen LogP contribution in [0.25, 0.3) is 22.3 Å². The number of benzene rings is 1. The van der Waals surface area contributed by atoms with Crippen LogP contribution in [0.15, 0.2) is 24.7 Å². The lowest BCUT2D eigenvalue weighted by atomic mass is 9.85. The minimum atomic E-state index is -0.205. The van der Waals surface area contributed by atoms with E-state index in [1.807, 2.05) is 12.1 Å². The van der Waals surface area contributed by atoms with Gasteiger partial charge in [-0.15, -0.1) is 0 Å². The first-order valence-corrected chi connectivity index (χ1v) is 14.1. The number of H-pyrrole nitrogens is 1. The Labute approximate surface area is 232 Å². The van der Waals surface area contributed by atoms with Crippen LogP contribution in [0.5, 0.6) is 17.2 Å². The second-order valence-corrected chi connectivity index (χ2v) is 10.7. The molecule has 6 rings (SSSR count). The van der Waals surface area contributed by atoms with Crippen LogP contribution in [0.1, 0.15) is 55.3 Å². The van der Waals surface area contributed by atoms with Crippen molar-refractivity contribution in [1.82, 2.24) is 25.6 Å². The summed E-state index contributed by atoms with van der Waals surface area (Å²) in [6.07, 6.45) is 9.67. The molecule has 1 aromatic carbocycles. The SMILES string of the molecule is COCCNC(=O)[C@H]1CC[C@H](NC(=O)c2c[nH]c3c(-c4c(OCC5CCC5)ccc5c4OCO5)ncnc23)CC1. The maximum absolute atomic E-state index is 13.3. The Kier molecular flexibility index (Phi) is 7.72. The first kappa shape index (κ1) is 26.4. The number of carbonyl (C=O) groups excluding carboxylic acids is 2. The van der Waals surface area contributed by atoms with Crippen LogP contribution in [0, 0.1) is 11.8 Å². The molecule has 0 bridgehead atoms. The first-order valence-electron chi connectivity index (χ1n) is 14.1. The summed E-state index contributed by atoms with van der Waals surface area (Å²) in [5.41, 5.74) is 2.88. The zero-order valence-electron chi connectivity index (χ0n) is 22.7. The number of hydrogen-bond donors (Lipinski definition) is 3. The van der Waals surface area contributed by atoms with E-state index < -0.39 is 0 Å². The highest BCUT2D eigenvalue weighted by Crippen LogP contribution is 2.48. The van der Waals surface area contributed by atoms with Gasteiger partial charge in [0.15, 0.2) is 11.5 Å². The fourth-order valence-electron chi connectivity index (χ4n) is 5.65. The van der Waals surface area contributed by atoms with E-state index in [9.17, 15) is 9.59 Å². The molecule has 2 amide bonds. The van der Waals surface area contributed by atoms with Crippen molar-refractivity contribution in [2.24, 2.45) is 11.8 Å². The molecule has 0 atom stereocenters. The van der Waals surface area contributed by atoms with Crippen LogP contribution in [-0.4, -0.2) is 66.5 Å². The predicted molar refractivity (Wildman–Crippen MR) is 146 cm³/mol. The highest BCUT2D eigenvalue weighted by atomic mass is 16.7. The zero-order valence-corrected chi connectivity index (χ0v) is 22.7. The second-order valence-electron chi connectivity index (χ2n) is 10.7. The highest BCUT2D eigenvalue weighted by Gasteiger charge is 2.30. The number of fused-ring (bicyclic) bond motifs is 2. The molecule has 2 fully saturated rings. The fraction of sp³-hybridized carbons (Fsp3) is 0.517. The van der Waals surface area contributed by atoms with Crippen molar-refractivity contribution in [3.8, 4) is 28.5 Å². The molecule has 3 heterocycles. The molecule has 3 aliphatic rings. The van der Waals surface area contributed by atoms with Gasteiger partial charge in [0.05, 0.1) is 29.9 Å². The van der Waals surface area contributed by atoms with Gasteiger partial charge in [0.2, 0.25) is 12.7 Å². The Bertz CT molecular complexity index is 1380. The summed E-state index contributed by atoms with van der Waals surface area (Å²) >= 11 is 0. The third-order valence-corrected chi connectivity index (χ3v) is 8.18. The van der Waals surface area contributed by atoms with E-state index in [1.165, 1.54) is 25.6 Å². The summed E-state index contributed by atoms with van der Waals surface area (Å²) in [5, 5.41) is 6.06. The number of methoxy groups -OCH3 is 1. The van der Waals surface area contributed by atoms with Crippen LogP contribution in [0.2, 0.25) is 0 Å². The summed E-state index contributed by atoms with van der Waals surface area (Å²) in [6.45, 7) is 1.76. The Hall–Kier alpha value is -3.86. The lowest BCUT2D eigenvalue weighted by Gasteiger charge is -2.28. The van der Waals surface area contributed by atoms with Gasteiger partial charge in [-0.05, 0) is 56.6 Å². The minimum absolute atomic E-state index is 0.00349. The number of hydrogen-bond acceptors (Lipinski definition) is 8. The van der Waals surface area contributed by atoms with Crippen molar-refractivity contribution in [3.05, 3.63) is 30.2 Å². The van der Waals surface area contributed by atoms with Gasteiger partial charge < -0.3 is 34.6 Å². The Balaban J connectivity index is 1.19. The molecule has 0 unspecified atom stereocenters. The first-order chi connectivity index (χ1) is 19.6. The number of aromatic amines is 1. The molecule has 3 N–H and O–H groups in total. The zero-order chi connectivity index (χ0) is 27.5. The van der Waals surface area contributed by atoms with Crippen molar-refractivity contribution in [2.45, 2.75) is 51.0 Å². The normalized spacial score (nSPS) is 20.2. The number of nitrogens with zero attached hydrogens (tertiary/aromatic N) is 2. The quantitative estimate of drug-likeness (QED) is 0.327. The van der Waals surface area contributed by atoms with Crippen molar-refractivity contribution in [1.29, 1.82) is 0 Å². The summed E-state index contributed by atoms with van der Waals surface area (Å²) in [6, 6.07) is 3.74. The summed E-state index contributed by atoms with van der Waals surface area (Å²) < 4.78 is 22.7. The van der Waals surface area contributed by atoms with E-state index in [0.717, 1.165) is 25.7 Å². The van der Waals surface area contributed by atoms with Crippen LogP contribution in [0.4, 0.5) is 0 Å². The molecule has 1 aliphatic heterocycles. The van der Waals surface area contributed by atoms with Gasteiger partial charge in [-0.2, -0.15) is 0 Å². The average Bonchev–Trinajstić information content (AvgIpc) is 3.60. The molecule has 0 saturated heterocycles. The lowest BCUT2D eigenvalue weighted by molar-refractivity contribution is -0.126. The molecule has 0 radical (unpaired) electrons. The smallest absolute Gasteiger partial charge is 0.255 e. The Morgan fingerprint density at radius 1 is 1.10 bits per heavy atom. The van der Waals surface area contributed by atoms with Crippen molar-refractivity contribution < 1.29 is 28.5 Å². The maximum atomic E-state index is 13.3. The second kappa shape index (κ2) is 11.7. The monoisotopic (exact) mass is 549 g/mol. The molecule has 212 valence electrons. The fourth-order valence-corrected chi connectivity index (χ4v) is 5.65. The minimum Gasteiger partial charge on any atom is -0.492 e. The standard InChI is InChI=1S/C29H35N5O6/c1-37-12-11-30-28(35)18-5-7-19(8-6-18)34-29(36)20-13-31-26-24(20)32-15-33-25(26)23-21(38-14-17-3-2-4-17)9-10-22-27(23)40-16-39-22/h9-10,13,15,17-19,31H,2-8,11-12,14,16H2,1H3,(H,30,35)(H,34,36)/t18-,19-. The summed E-state index contributed by atoms with van der Waals surface area (Å²) in [7, 11) is 1.61. The number of rotatable bonds is 10. The number of nitrogens with one attached hydrogen (secondary N) is 3. The molecule has 2 saturated carbocycles. The maximum Gasteiger partial charge on any atom is 0.255 e. The van der Waals surface area contributed by atoms with Gasteiger partial charge in [0.25, 0.3) is 5.91 Å². The van der Waals surface area contributed by atoms with Crippen LogP contribution < -0.4 is 24.8 Å². The van der Waals surface area contributed by atoms with Gasteiger partial charge in [-0.3, -0.25) is 9.59 Å². The summed E-state index contributed by atoms with van der Waals surface area (Å²) in [4.78, 5) is 38.0. The average molecular weight is 550 g/mol. The molecule has 2 aromatic heterocycles. The van der Waals surface area contributed by atoms with Crippen molar-refractivity contribution in [2.75, 3.05) is 33.7 Å². The molecule has 2 aliphatic carbocycles. The van der Waals surface area contributed by atoms with Gasteiger partial charge in [0, 0.05) is 31.8 Å². The third-order valence-electron chi connectivity index (χ3n) is 8.18. The number of carbonyl (C=O) groups is 2.